The van der Waals surface area contributed by atoms with E-state index < -0.39 is 0 Å². The summed E-state index contributed by atoms with van der Waals surface area (Å²) in [5, 5.41) is 2.80. The van der Waals surface area contributed by atoms with Crippen molar-refractivity contribution < 1.29 is 14.3 Å². The fourth-order valence-electron chi connectivity index (χ4n) is 2.60. The minimum Gasteiger partial charge on any atom is -0.375 e. The molecule has 0 saturated heterocycles. The average molecular weight is 304 g/mol. The fraction of sp³-hybridized carbons (Fsp3) is 0.529. The molecular weight excluding hydrogens is 280 g/mol. The lowest BCUT2D eigenvalue weighted by molar-refractivity contribution is -0.120. The van der Waals surface area contributed by atoms with Gasteiger partial charge in [0.05, 0.1) is 0 Å². The number of hydrogen-bond acceptors (Lipinski definition) is 3. The second kappa shape index (κ2) is 7.40. The highest BCUT2D eigenvalue weighted by Crippen LogP contribution is 2.30. The Balaban J connectivity index is 2.15. The Bertz CT molecular complexity index is 555. The number of nitrogens with zero attached hydrogens (tertiary/aromatic N) is 1. The zero-order valence-corrected chi connectivity index (χ0v) is 13.5. The first-order chi connectivity index (χ1) is 10.5. The van der Waals surface area contributed by atoms with E-state index in [9.17, 15) is 9.59 Å². The maximum absolute atomic E-state index is 12.2. The van der Waals surface area contributed by atoms with Gasteiger partial charge in [-0.25, -0.2) is 0 Å². The minimum absolute atomic E-state index is 0.0378. The van der Waals surface area contributed by atoms with Gasteiger partial charge in [0, 0.05) is 31.5 Å². The van der Waals surface area contributed by atoms with Crippen LogP contribution in [0.1, 0.15) is 32.3 Å². The number of rotatable bonds is 6. The fourth-order valence-corrected chi connectivity index (χ4v) is 2.60. The van der Waals surface area contributed by atoms with E-state index in [-0.39, 0.29) is 18.4 Å². The molecule has 1 aliphatic rings. The molecule has 120 valence electrons. The zero-order chi connectivity index (χ0) is 16.1. The van der Waals surface area contributed by atoms with Crippen LogP contribution < -0.4 is 10.2 Å². The van der Waals surface area contributed by atoms with Crippen molar-refractivity contribution in [2.24, 2.45) is 5.92 Å². The molecule has 2 rings (SSSR count). The first-order valence-electron chi connectivity index (χ1n) is 7.73. The predicted molar refractivity (Wildman–Crippen MR) is 87.1 cm³/mol. The Kier molecular flexibility index (Phi) is 5.55. The van der Waals surface area contributed by atoms with Gasteiger partial charge in [-0.15, -0.1) is 0 Å². The number of fused-ring (bicyclic) bond motifs is 1. The van der Waals surface area contributed by atoms with Crippen LogP contribution in [0.25, 0.3) is 0 Å². The van der Waals surface area contributed by atoms with Gasteiger partial charge in [-0.05, 0) is 42.5 Å². The van der Waals surface area contributed by atoms with Crippen LogP contribution in [0, 0.1) is 5.92 Å². The van der Waals surface area contributed by atoms with Crippen molar-refractivity contribution in [2.75, 3.05) is 30.5 Å². The lowest BCUT2D eigenvalue weighted by Gasteiger charge is -2.30. The van der Waals surface area contributed by atoms with Crippen LogP contribution >= 0.6 is 0 Å². The van der Waals surface area contributed by atoms with Crippen LogP contribution in [0.3, 0.4) is 0 Å². The lowest BCUT2D eigenvalue weighted by Crippen LogP contribution is -2.36. The topological polar surface area (TPSA) is 58.6 Å². The highest BCUT2D eigenvalue weighted by atomic mass is 16.5. The summed E-state index contributed by atoms with van der Waals surface area (Å²) in [7, 11) is 1.49. The summed E-state index contributed by atoms with van der Waals surface area (Å²) in [6, 6.07) is 5.72. The van der Waals surface area contributed by atoms with Crippen molar-refractivity contribution in [3.8, 4) is 0 Å². The molecule has 5 heteroatoms. The van der Waals surface area contributed by atoms with Gasteiger partial charge in [-0.1, -0.05) is 13.8 Å². The van der Waals surface area contributed by atoms with Crippen LogP contribution in [0.15, 0.2) is 18.2 Å². The number of carbonyl (C=O) groups excluding carboxylic acids is 2. The van der Waals surface area contributed by atoms with E-state index in [2.05, 4.69) is 19.2 Å². The molecule has 1 heterocycles. The van der Waals surface area contributed by atoms with Gasteiger partial charge in [0.2, 0.25) is 11.8 Å². The molecule has 0 radical (unpaired) electrons. The Hall–Kier alpha value is -1.88. The normalized spacial score (nSPS) is 14.2. The number of nitrogens with one attached hydrogen (secondary N) is 1. The molecule has 0 atom stereocenters. The molecule has 0 unspecified atom stereocenters. The van der Waals surface area contributed by atoms with E-state index >= 15 is 0 Å². The molecule has 5 nitrogen and oxygen atoms in total. The third-order valence-electron chi connectivity index (χ3n) is 3.77. The zero-order valence-electron chi connectivity index (χ0n) is 13.5. The molecule has 22 heavy (non-hydrogen) atoms. The smallest absolute Gasteiger partial charge is 0.250 e. The maximum Gasteiger partial charge on any atom is 0.250 e. The number of benzene rings is 1. The van der Waals surface area contributed by atoms with Crippen molar-refractivity contribution in [3.05, 3.63) is 23.8 Å². The molecule has 1 N–H and O–H groups in total. The van der Waals surface area contributed by atoms with Crippen molar-refractivity contribution in [1.82, 2.24) is 0 Å². The standard InChI is InChI=1S/C17H24N2O3/c1-12(2)8-9-19-15-6-5-14(18-16(20)11-22-3)10-13(15)4-7-17(19)21/h5-6,10,12H,4,7-9,11H2,1-3H3,(H,18,20). The summed E-state index contributed by atoms with van der Waals surface area (Å²) in [6.45, 7) is 5.10. The third kappa shape index (κ3) is 4.07. The van der Waals surface area contributed by atoms with Gasteiger partial charge in [0.1, 0.15) is 6.61 Å². The summed E-state index contributed by atoms with van der Waals surface area (Å²) in [6.07, 6.45) is 2.23. The van der Waals surface area contributed by atoms with E-state index in [0.29, 0.717) is 12.3 Å². The Labute approximate surface area is 131 Å². The van der Waals surface area contributed by atoms with Crippen LogP contribution in [0.4, 0.5) is 11.4 Å². The van der Waals surface area contributed by atoms with Gasteiger partial charge in [0.25, 0.3) is 0 Å². The molecule has 2 amide bonds. The third-order valence-corrected chi connectivity index (χ3v) is 3.77. The monoisotopic (exact) mass is 304 g/mol. The number of carbonyl (C=O) groups is 2. The summed E-state index contributed by atoms with van der Waals surface area (Å²) < 4.78 is 4.81. The second-order valence-electron chi connectivity index (χ2n) is 6.05. The molecule has 0 saturated carbocycles. The van der Waals surface area contributed by atoms with Crippen molar-refractivity contribution >= 4 is 23.2 Å². The van der Waals surface area contributed by atoms with Gasteiger partial charge in [0.15, 0.2) is 0 Å². The van der Waals surface area contributed by atoms with Crippen LogP contribution in [-0.2, 0) is 20.7 Å². The van der Waals surface area contributed by atoms with Gasteiger partial charge in [-0.2, -0.15) is 0 Å². The SMILES string of the molecule is COCC(=O)Nc1ccc2c(c1)CCC(=O)N2CCC(C)C. The highest BCUT2D eigenvalue weighted by molar-refractivity contribution is 5.97. The van der Waals surface area contributed by atoms with E-state index in [0.717, 1.165) is 36.3 Å². The van der Waals surface area contributed by atoms with Crippen LogP contribution in [-0.4, -0.2) is 32.1 Å². The minimum atomic E-state index is -0.175. The Morgan fingerprint density at radius 2 is 2.14 bits per heavy atom. The van der Waals surface area contributed by atoms with E-state index in [4.69, 9.17) is 4.74 Å². The molecule has 1 aliphatic heterocycles. The average Bonchev–Trinajstić information content (AvgIpc) is 2.46. The largest absolute Gasteiger partial charge is 0.375 e. The van der Waals surface area contributed by atoms with Crippen molar-refractivity contribution in [3.63, 3.8) is 0 Å². The number of aryl methyl sites for hydroxylation is 1. The summed E-state index contributed by atoms with van der Waals surface area (Å²) >= 11 is 0. The molecule has 0 spiro atoms. The lowest BCUT2D eigenvalue weighted by atomic mass is 9.99. The van der Waals surface area contributed by atoms with Crippen molar-refractivity contribution in [1.29, 1.82) is 0 Å². The number of amides is 2. The summed E-state index contributed by atoms with van der Waals surface area (Å²) in [5.74, 6) is 0.570. The first kappa shape index (κ1) is 16.5. The van der Waals surface area contributed by atoms with Gasteiger partial charge < -0.3 is 15.0 Å². The number of ether oxygens (including phenoxy) is 1. The maximum atomic E-state index is 12.2. The van der Waals surface area contributed by atoms with Gasteiger partial charge in [-0.3, -0.25) is 9.59 Å². The number of methoxy groups -OCH3 is 1. The molecule has 0 aliphatic carbocycles. The molecule has 0 fully saturated rings. The number of anilines is 2. The first-order valence-corrected chi connectivity index (χ1v) is 7.73. The molecule has 1 aromatic rings. The van der Waals surface area contributed by atoms with Crippen LogP contribution in [0.2, 0.25) is 0 Å². The number of hydrogen-bond donors (Lipinski definition) is 1. The van der Waals surface area contributed by atoms with Crippen LogP contribution in [0.5, 0.6) is 0 Å². The van der Waals surface area contributed by atoms with Gasteiger partial charge >= 0.3 is 0 Å². The van der Waals surface area contributed by atoms with E-state index in [1.54, 1.807) is 0 Å². The Morgan fingerprint density at radius 3 is 2.82 bits per heavy atom. The predicted octanol–water partition coefficient (Wildman–Crippen LogP) is 2.60. The Morgan fingerprint density at radius 1 is 1.36 bits per heavy atom. The molecule has 0 bridgehead atoms. The molecular formula is C17H24N2O3. The second-order valence-corrected chi connectivity index (χ2v) is 6.05. The highest BCUT2D eigenvalue weighted by Gasteiger charge is 2.24. The molecule has 0 aromatic heterocycles. The summed E-state index contributed by atoms with van der Waals surface area (Å²) in [4.78, 5) is 25.6. The molecule has 1 aromatic carbocycles. The summed E-state index contributed by atoms with van der Waals surface area (Å²) in [5.41, 5.74) is 2.83. The van der Waals surface area contributed by atoms with E-state index in [1.165, 1.54) is 7.11 Å². The van der Waals surface area contributed by atoms with E-state index in [1.807, 2.05) is 23.1 Å². The quantitative estimate of drug-likeness (QED) is 0.879. The van der Waals surface area contributed by atoms with Crippen molar-refractivity contribution in [2.45, 2.75) is 33.1 Å².